The third kappa shape index (κ3) is 4.64. The fourth-order valence-electron chi connectivity index (χ4n) is 2.26. The third-order valence-electron chi connectivity index (χ3n) is 3.40. The number of rotatable bonds is 6. The van der Waals surface area contributed by atoms with Crippen molar-refractivity contribution in [2.24, 2.45) is 17.0 Å². The minimum Gasteiger partial charge on any atom is -0.399 e. The third-order valence-corrected chi connectivity index (χ3v) is 3.40. The van der Waals surface area contributed by atoms with E-state index in [1.165, 1.54) is 0 Å². The van der Waals surface area contributed by atoms with Crippen LogP contribution in [0.1, 0.15) is 27.7 Å². The maximum absolute atomic E-state index is 4.80. The van der Waals surface area contributed by atoms with Crippen LogP contribution in [0, 0.1) is 11.8 Å². The van der Waals surface area contributed by atoms with E-state index in [-0.39, 0.29) is 0 Å². The van der Waals surface area contributed by atoms with E-state index >= 15 is 0 Å². The normalized spacial score (nSPS) is 26.5. The molecule has 100 valence electrons. The zero-order chi connectivity index (χ0) is 12.8. The van der Waals surface area contributed by atoms with Crippen LogP contribution in [-0.2, 0) is 4.84 Å². The van der Waals surface area contributed by atoms with Gasteiger partial charge in [-0.25, -0.2) is 0 Å². The van der Waals surface area contributed by atoms with Crippen LogP contribution in [0.25, 0.3) is 0 Å². The van der Waals surface area contributed by atoms with Crippen LogP contribution >= 0.6 is 0 Å². The fourth-order valence-corrected chi connectivity index (χ4v) is 2.26. The molecular formula is C13H27N3O. The van der Waals surface area contributed by atoms with E-state index in [0.717, 1.165) is 19.6 Å². The molecule has 0 aliphatic carbocycles. The first-order valence-corrected chi connectivity index (χ1v) is 6.58. The molecule has 1 rings (SSSR count). The molecule has 2 unspecified atom stereocenters. The molecule has 0 spiro atoms. The van der Waals surface area contributed by atoms with Gasteiger partial charge in [-0.3, -0.25) is 4.90 Å². The molecule has 0 saturated carbocycles. The minimum absolute atomic E-state index is 0.503. The highest BCUT2D eigenvalue weighted by Gasteiger charge is 2.32. The molecule has 0 bridgehead atoms. The van der Waals surface area contributed by atoms with E-state index in [4.69, 9.17) is 4.84 Å². The maximum Gasteiger partial charge on any atom is 0.106 e. The van der Waals surface area contributed by atoms with Gasteiger partial charge >= 0.3 is 0 Å². The van der Waals surface area contributed by atoms with Gasteiger partial charge in [0.25, 0.3) is 0 Å². The Morgan fingerprint density at radius 2 is 2.06 bits per heavy atom. The van der Waals surface area contributed by atoms with Gasteiger partial charge in [-0.05, 0) is 19.8 Å². The number of likely N-dealkylation sites (tertiary alicyclic amines) is 1. The van der Waals surface area contributed by atoms with Crippen LogP contribution in [0.4, 0.5) is 0 Å². The number of nitrogens with zero attached hydrogens (tertiary/aromatic N) is 2. The summed E-state index contributed by atoms with van der Waals surface area (Å²) in [5.74, 6) is 1.14. The van der Waals surface area contributed by atoms with Gasteiger partial charge in [-0.1, -0.05) is 19.0 Å². The average Bonchev–Trinajstić information content (AvgIpc) is 2.67. The van der Waals surface area contributed by atoms with Crippen LogP contribution < -0.4 is 5.32 Å². The summed E-state index contributed by atoms with van der Waals surface area (Å²) in [6.07, 6.45) is 1.97. The van der Waals surface area contributed by atoms with E-state index < -0.39 is 0 Å². The Balaban J connectivity index is 2.53. The number of nitrogens with one attached hydrogen (secondary N) is 1. The van der Waals surface area contributed by atoms with E-state index in [1.807, 2.05) is 6.21 Å². The van der Waals surface area contributed by atoms with Crippen molar-refractivity contribution in [3.8, 4) is 0 Å². The van der Waals surface area contributed by atoms with Crippen molar-refractivity contribution in [2.75, 3.05) is 26.7 Å². The zero-order valence-electron chi connectivity index (χ0n) is 11.8. The molecule has 0 aromatic carbocycles. The van der Waals surface area contributed by atoms with E-state index in [1.54, 1.807) is 7.11 Å². The topological polar surface area (TPSA) is 36.9 Å². The molecule has 1 N–H and O–H groups in total. The van der Waals surface area contributed by atoms with E-state index in [0.29, 0.717) is 23.9 Å². The standard InChI is InChI=1S/C13H27N3O/c1-10(2)14-6-12-8-16(11(3)4)9-13(12)7-15-17-5/h7,10-14H,6,8-9H2,1-5H3/b15-7-. The van der Waals surface area contributed by atoms with Crippen LogP contribution in [0.3, 0.4) is 0 Å². The van der Waals surface area contributed by atoms with Gasteiger partial charge in [0.1, 0.15) is 7.11 Å². The summed E-state index contributed by atoms with van der Waals surface area (Å²) < 4.78 is 0. The lowest BCUT2D eigenvalue weighted by molar-refractivity contribution is 0.212. The predicted molar refractivity (Wildman–Crippen MR) is 72.3 cm³/mol. The second kappa shape index (κ2) is 6.97. The summed E-state index contributed by atoms with van der Waals surface area (Å²) in [5.41, 5.74) is 0. The molecule has 1 fully saturated rings. The summed E-state index contributed by atoms with van der Waals surface area (Å²) >= 11 is 0. The molecule has 2 atom stereocenters. The second-order valence-electron chi connectivity index (χ2n) is 5.47. The first-order chi connectivity index (χ1) is 8.04. The predicted octanol–water partition coefficient (Wildman–Crippen LogP) is 1.57. The lowest BCUT2D eigenvalue weighted by atomic mass is 9.97. The average molecular weight is 241 g/mol. The quantitative estimate of drug-likeness (QED) is 0.566. The highest BCUT2D eigenvalue weighted by atomic mass is 16.6. The summed E-state index contributed by atoms with van der Waals surface area (Å²) in [6, 6.07) is 1.15. The van der Waals surface area contributed by atoms with Gasteiger partial charge in [0.15, 0.2) is 0 Å². The molecule has 4 heteroatoms. The van der Waals surface area contributed by atoms with Crippen molar-refractivity contribution in [1.82, 2.24) is 10.2 Å². The van der Waals surface area contributed by atoms with Crippen molar-refractivity contribution >= 4 is 6.21 Å². The summed E-state index contributed by atoms with van der Waals surface area (Å²) in [7, 11) is 1.60. The molecule has 0 radical (unpaired) electrons. The highest BCUT2D eigenvalue weighted by molar-refractivity contribution is 5.61. The Hall–Kier alpha value is -0.610. The molecular weight excluding hydrogens is 214 g/mol. The van der Waals surface area contributed by atoms with Gasteiger partial charge in [-0.2, -0.15) is 0 Å². The van der Waals surface area contributed by atoms with E-state index in [2.05, 4.69) is 43.1 Å². The Bertz CT molecular complexity index is 241. The first-order valence-electron chi connectivity index (χ1n) is 6.58. The number of hydrogen-bond donors (Lipinski definition) is 1. The molecule has 1 saturated heterocycles. The minimum atomic E-state index is 0.503. The Morgan fingerprint density at radius 3 is 2.59 bits per heavy atom. The van der Waals surface area contributed by atoms with Gasteiger partial charge in [0.2, 0.25) is 0 Å². The lowest BCUT2D eigenvalue weighted by Crippen LogP contribution is -2.33. The molecule has 1 aliphatic heterocycles. The first kappa shape index (κ1) is 14.5. The van der Waals surface area contributed by atoms with Gasteiger partial charge in [0.05, 0.1) is 0 Å². The SMILES string of the molecule is CO/N=C\C1CN(C(C)C)CC1CNC(C)C. The Morgan fingerprint density at radius 1 is 1.35 bits per heavy atom. The molecule has 0 amide bonds. The molecule has 1 aliphatic rings. The molecule has 0 aromatic heterocycles. The van der Waals surface area contributed by atoms with Crippen LogP contribution in [-0.4, -0.2) is 49.9 Å². The molecule has 4 nitrogen and oxygen atoms in total. The van der Waals surface area contributed by atoms with Gasteiger partial charge < -0.3 is 10.2 Å². The maximum atomic E-state index is 4.80. The van der Waals surface area contributed by atoms with Crippen molar-refractivity contribution in [1.29, 1.82) is 0 Å². The van der Waals surface area contributed by atoms with E-state index in [9.17, 15) is 0 Å². The van der Waals surface area contributed by atoms with Gasteiger partial charge in [-0.15, -0.1) is 0 Å². The Labute approximate surface area is 105 Å². The van der Waals surface area contributed by atoms with Crippen LogP contribution in [0.2, 0.25) is 0 Å². The summed E-state index contributed by atoms with van der Waals surface area (Å²) in [6.45, 7) is 12.2. The van der Waals surface area contributed by atoms with Crippen LogP contribution in [0.5, 0.6) is 0 Å². The second-order valence-corrected chi connectivity index (χ2v) is 5.47. The van der Waals surface area contributed by atoms with Crippen molar-refractivity contribution in [3.63, 3.8) is 0 Å². The lowest BCUT2D eigenvalue weighted by Gasteiger charge is -2.20. The smallest absolute Gasteiger partial charge is 0.106 e. The van der Waals surface area contributed by atoms with Gasteiger partial charge in [0, 0.05) is 43.9 Å². The Kier molecular flexibility index (Phi) is 5.92. The highest BCUT2D eigenvalue weighted by Crippen LogP contribution is 2.23. The zero-order valence-corrected chi connectivity index (χ0v) is 11.8. The molecule has 17 heavy (non-hydrogen) atoms. The van der Waals surface area contributed by atoms with Crippen molar-refractivity contribution in [3.05, 3.63) is 0 Å². The molecule has 0 aromatic rings. The molecule has 1 heterocycles. The van der Waals surface area contributed by atoms with Crippen molar-refractivity contribution < 1.29 is 4.84 Å². The van der Waals surface area contributed by atoms with Crippen LogP contribution in [0.15, 0.2) is 5.16 Å². The summed E-state index contributed by atoms with van der Waals surface area (Å²) in [4.78, 5) is 7.32. The number of hydrogen-bond acceptors (Lipinski definition) is 4. The summed E-state index contributed by atoms with van der Waals surface area (Å²) in [5, 5.41) is 7.47. The fraction of sp³-hybridized carbons (Fsp3) is 0.923. The van der Waals surface area contributed by atoms with Crippen molar-refractivity contribution in [2.45, 2.75) is 39.8 Å². The number of oxime groups is 1. The monoisotopic (exact) mass is 241 g/mol. The largest absolute Gasteiger partial charge is 0.399 e.